The number of benzene rings is 1. The number of thioether (sulfide) groups is 1. The van der Waals surface area contributed by atoms with Gasteiger partial charge in [0.1, 0.15) is 17.4 Å². The Kier molecular flexibility index (Phi) is 8.35. The van der Waals surface area contributed by atoms with E-state index in [1.165, 1.54) is 23.1 Å². The van der Waals surface area contributed by atoms with Crippen LogP contribution in [-0.4, -0.2) is 39.0 Å². The van der Waals surface area contributed by atoms with Crippen molar-refractivity contribution in [2.24, 2.45) is 13.0 Å². The maximum Gasteiger partial charge on any atom is 0.341 e. The monoisotopic (exact) mass is 534 g/mol. The number of ether oxygens (including phenoxy) is 2. The van der Waals surface area contributed by atoms with Gasteiger partial charge in [-0.2, -0.15) is 0 Å². The highest BCUT2D eigenvalue weighted by atomic mass is 35.5. The quantitative estimate of drug-likeness (QED) is 0.300. The fourth-order valence-electron chi connectivity index (χ4n) is 3.85. The van der Waals surface area contributed by atoms with Crippen LogP contribution in [0.25, 0.3) is 0 Å². The summed E-state index contributed by atoms with van der Waals surface area (Å²) in [5, 5.41) is 12.9. The highest BCUT2D eigenvalue weighted by Gasteiger charge is 2.29. The van der Waals surface area contributed by atoms with Gasteiger partial charge >= 0.3 is 5.97 Å². The molecule has 0 aliphatic heterocycles. The highest BCUT2D eigenvalue weighted by molar-refractivity contribution is 7.99. The molecule has 0 spiro atoms. The average molecular weight is 535 g/mol. The van der Waals surface area contributed by atoms with Crippen LogP contribution in [0, 0.1) is 5.92 Å². The maximum absolute atomic E-state index is 12.8. The number of thiophene rings is 1. The Bertz CT molecular complexity index is 1230. The third-order valence-electron chi connectivity index (χ3n) is 5.70. The molecule has 186 valence electrons. The first-order valence-electron chi connectivity index (χ1n) is 11.4. The van der Waals surface area contributed by atoms with Crippen molar-refractivity contribution in [3.05, 3.63) is 51.1 Å². The van der Waals surface area contributed by atoms with Crippen LogP contribution in [0.3, 0.4) is 0 Å². The van der Waals surface area contributed by atoms with E-state index >= 15 is 0 Å². The number of para-hydroxylation sites is 1. The van der Waals surface area contributed by atoms with E-state index in [2.05, 4.69) is 22.4 Å². The number of hydrogen-bond acceptors (Lipinski definition) is 8. The molecule has 8 nitrogen and oxygen atoms in total. The molecule has 0 saturated heterocycles. The summed E-state index contributed by atoms with van der Waals surface area (Å²) in [7, 11) is 1.82. The summed E-state index contributed by atoms with van der Waals surface area (Å²) in [4.78, 5) is 26.6. The molecule has 35 heavy (non-hydrogen) atoms. The van der Waals surface area contributed by atoms with E-state index in [4.69, 9.17) is 21.1 Å². The van der Waals surface area contributed by atoms with Gasteiger partial charge in [-0.15, -0.1) is 21.5 Å². The van der Waals surface area contributed by atoms with Gasteiger partial charge in [0.2, 0.25) is 5.91 Å². The first-order valence-corrected chi connectivity index (χ1v) is 13.5. The van der Waals surface area contributed by atoms with Gasteiger partial charge in [-0.05, 0) is 49.8 Å². The lowest BCUT2D eigenvalue weighted by Gasteiger charge is -2.18. The third-order valence-corrected chi connectivity index (χ3v) is 8.20. The molecular formula is C24H27ClN4O4S2. The van der Waals surface area contributed by atoms with Gasteiger partial charge in [0.05, 0.1) is 22.9 Å². The van der Waals surface area contributed by atoms with Gasteiger partial charge in [-0.1, -0.05) is 42.4 Å². The number of anilines is 1. The van der Waals surface area contributed by atoms with Crippen LogP contribution in [-0.2, 0) is 36.0 Å². The number of esters is 1. The predicted molar refractivity (Wildman–Crippen MR) is 138 cm³/mol. The minimum absolute atomic E-state index is 0.124. The third kappa shape index (κ3) is 5.99. The van der Waals surface area contributed by atoms with Crippen LogP contribution < -0.4 is 10.1 Å². The van der Waals surface area contributed by atoms with E-state index in [1.54, 1.807) is 23.6 Å². The first-order chi connectivity index (χ1) is 16.9. The zero-order chi connectivity index (χ0) is 24.9. The van der Waals surface area contributed by atoms with Crippen LogP contribution in [0.5, 0.6) is 5.75 Å². The Morgan fingerprint density at radius 2 is 2.11 bits per heavy atom. The number of amides is 1. The molecule has 2 aromatic heterocycles. The van der Waals surface area contributed by atoms with E-state index in [1.807, 2.05) is 19.2 Å². The van der Waals surface area contributed by atoms with E-state index < -0.39 is 0 Å². The number of hydrogen-bond donors (Lipinski definition) is 1. The second kappa shape index (κ2) is 11.5. The Hall–Kier alpha value is -2.56. The molecule has 2 heterocycles. The number of nitrogens with zero attached hydrogens (tertiary/aromatic N) is 3. The molecule has 1 aliphatic rings. The molecule has 0 bridgehead atoms. The number of halogens is 1. The number of nitrogens with one attached hydrogen (secondary N) is 1. The van der Waals surface area contributed by atoms with Gasteiger partial charge < -0.3 is 19.4 Å². The normalized spacial score (nSPS) is 14.9. The number of aromatic nitrogens is 3. The summed E-state index contributed by atoms with van der Waals surface area (Å²) in [5.41, 5.74) is 1.53. The molecule has 11 heteroatoms. The van der Waals surface area contributed by atoms with Crippen LogP contribution in [0.1, 0.15) is 46.9 Å². The lowest BCUT2D eigenvalue weighted by atomic mass is 9.88. The summed E-state index contributed by atoms with van der Waals surface area (Å²) in [5.74, 6) is 1.26. The molecular weight excluding hydrogens is 508 g/mol. The molecule has 1 atom stereocenters. The molecule has 1 N–H and O–H groups in total. The summed E-state index contributed by atoms with van der Waals surface area (Å²) in [6, 6.07) is 7.21. The number of fused-ring (bicyclic) bond motifs is 1. The van der Waals surface area contributed by atoms with Crippen molar-refractivity contribution in [3.8, 4) is 5.75 Å². The molecule has 1 unspecified atom stereocenters. The summed E-state index contributed by atoms with van der Waals surface area (Å²) in [6.07, 6.45) is 2.76. The van der Waals surface area contributed by atoms with Crippen molar-refractivity contribution >= 4 is 51.6 Å². The van der Waals surface area contributed by atoms with Crippen molar-refractivity contribution in [2.45, 2.75) is 44.9 Å². The number of carbonyl (C=O) groups is 2. The molecule has 3 aromatic rings. The van der Waals surface area contributed by atoms with Gasteiger partial charge in [0, 0.05) is 11.9 Å². The second-order valence-electron chi connectivity index (χ2n) is 8.29. The van der Waals surface area contributed by atoms with Crippen molar-refractivity contribution < 1.29 is 19.1 Å². The SMILES string of the molecule is CCOC(=O)c1c(NC(=O)CSc2nnc(COc3ccccc3Cl)n2C)sc2c1CCC(C)C2. The summed E-state index contributed by atoms with van der Waals surface area (Å²) in [6.45, 7) is 4.47. The van der Waals surface area contributed by atoms with Gasteiger partial charge in [0.25, 0.3) is 0 Å². The summed E-state index contributed by atoms with van der Waals surface area (Å²) >= 11 is 8.87. The number of carbonyl (C=O) groups excluding carboxylic acids is 2. The predicted octanol–water partition coefficient (Wildman–Crippen LogP) is 5.14. The standard InChI is InChI=1S/C24H27ClN4O4S2/c1-4-32-23(31)21-15-10-9-14(2)11-18(15)35-22(21)26-20(30)13-34-24-28-27-19(29(24)3)12-33-17-8-6-5-7-16(17)25/h5-8,14H,4,9-13H2,1-3H3,(H,26,30). The molecule has 1 aliphatic carbocycles. The fraction of sp³-hybridized carbons (Fsp3) is 0.417. The minimum Gasteiger partial charge on any atom is -0.484 e. The topological polar surface area (TPSA) is 95.3 Å². The molecule has 1 amide bonds. The van der Waals surface area contributed by atoms with Crippen molar-refractivity contribution in [1.82, 2.24) is 14.8 Å². The van der Waals surface area contributed by atoms with E-state index in [0.29, 0.717) is 38.2 Å². The highest BCUT2D eigenvalue weighted by Crippen LogP contribution is 2.40. The first kappa shape index (κ1) is 25.5. The van der Waals surface area contributed by atoms with Crippen LogP contribution in [0.2, 0.25) is 5.02 Å². The van der Waals surface area contributed by atoms with E-state index in [0.717, 1.165) is 29.7 Å². The second-order valence-corrected chi connectivity index (χ2v) is 10.7. The molecule has 0 fully saturated rings. The zero-order valence-corrected chi connectivity index (χ0v) is 22.2. The lowest BCUT2D eigenvalue weighted by Crippen LogP contribution is -2.18. The molecule has 4 rings (SSSR count). The van der Waals surface area contributed by atoms with Crippen LogP contribution >= 0.6 is 34.7 Å². The van der Waals surface area contributed by atoms with Crippen molar-refractivity contribution in [1.29, 1.82) is 0 Å². The number of rotatable bonds is 9. The minimum atomic E-state index is -0.376. The Morgan fingerprint density at radius 1 is 1.31 bits per heavy atom. The Balaban J connectivity index is 1.39. The molecule has 1 aromatic carbocycles. The van der Waals surface area contributed by atoms with Gasteiger partial charge in [-0.25, -0.2) is 4.79 Å². The largest absolute Gasteiger partial charge is 0.484 e. The van der Waals surface area contributed by atoms with Gasteiger partial charge in [-0.3, -0.25) is 4.79 Å². The Labute approximate surface area is 217 Å². The average Bonchev–Trinajstić information content (AvgIpc) is 3.36. The zero-order valence-electron chi connectivity index (χ0n) is 19.8. The van der Waals surface area contributed by atoms with E-state index in [-0.39, 0.29) is 30.8 Å². The Morgan fingerprint density at radius 3 is 2.89 bits per heavy atom. The van der Waals surface area contributed by atoms with Crippen LogP contribution in [0.4, 0.5) is 5.00 Å². The summed E-state index contributed by atoms with van der Waals surface area (Å²) < 4.78 is 12.8. The smallest absolute Gasteiger partial charge is 0.341 e. The van der Waals surface area contributed by atoms with E-state index in [9.17, 15) is 9.59 Å². The maximum atomic E-state index is 12.8. The molecule has 0 saturated carbocycles. The fourth-order valence-corrected chi connectivity index (χ4v) is 6.19. The lowest BCUT2D eigenvalue weighted by molar-refractivity contribution is -0.113. The van der Waals surface area contributed by atoms with Crippen LogP contribution in [0.15, 0.2) is 29.4 Å². The van der Waals surface area contributed by atoms with Crippen molar-refractivity contribution in [2.75, 3.05) is 17.7 Å². The van der Waals surface area contributed by atoms with Gasteiger partial charge in [0.15, 0.2) is 11.0 Å². The van der Waals surface area contributed by atoms with Crippen molar-refractivity contribution in [3.63, 3.8) is 0 Å². The molecule has 0 radical (unpaired) electrons.